The highest BCUT2D eigenvalue weighted by atomic mass is 32.2. The van der Waals surface area contributed by atoms with Crippen LogP contribution in [0.15, 0.2) is 48.5 Å². The first-order chi connectivity index (χ1) is 14.7. The lowest BCUT2D eigenvalue weighted by atomic mass is 10.1. The molecule has 2 atom stereocenters. The van der Waals surface area contributed by atoms with E-state index >= 15 is 0 Å². The highest BCUT2D eigenvalue weighted by molar-refractivity contribution is 7.92. The van der Waals surface area contributed by atoms with E-state index in [-0.39, 0.29) is 6.10 Å². The minimum absolute atomic E-state index is 0.104. The summed E-state index contributed by atoms with van der Waals surface area (Å²) < 4.78 is 41.3. The summed E-state index contributed by atoms with van der Waals surface area (Å²) in [6.07, 6.45) is 2.16. The van der Waals surface area contributed by atoms with Gasteiger partial charge in [0.15, 0.2) is 6.10 Å². The van der Waals surface area contributed by atoms with Gasteiger partial charge in [0.05, 0.1) is 17.9 Å². The van der Waals surface area contributed by atoms with Gasteiger partial charge >= 0.3 is 5.97 Å². The molecule has 1 heterocycles. The molecule has 8 nitrogen and oxygen atoms in total. The van der Waals surface area contributed by atoms with Crippen molar-refractivity contribution in [1.82, 2.24) is 0 Å². The molecule has 0 radical (unpaired) electrons. The number of Topliss-reactive ketones (excluding diaryl/α,β-unsaturated/α-hetero) is 1. The predicted octanol–water partition coefficient (Wildman–Crippen LogP) is 3.04. The molecule has 1 aliphatic heterocycles. The van der Waals surface area contributed by atoms with Crippen molar-refractivity contribution in [2.75, 3.05) is 24.2 Å². The van der Waals surface area contributed by atoms with Crippen LogP contribution in [0.2, 0.25) is 0 Å². The highest BCUT2D eigenvalue weighted by Gasteiger charge is 2.21. The van der Waals surface area contributed by atoms with E-state index in [9.17, 15) is 18.0 Å². The summed E-state index contributed by atoms with van der Waals surface area (Å²) in [5.41, 5.74) is 0.944. The summed E-state index contributed by atoms with van der Waals surface area (Å²) in [4.78, 5) is 24.9. The Morgan fingerprint density at radius 3 is 2.32 bits per heavy atom. The lowest BCUT2D eigenvalue weighted by molar-refractivity contribution is 0.0318. The van der Waals surface area contributed by atoms with Crippen LogP contribution in [0.25, 0.3) is 0 Å². The molecule has 0 bridgehead atoms. The third kappa shape index (κ3) is 6.80. The Bertz CT molecular complexity index is 1010. The fourth-order valence-corrected chi connectivity index (χ4v) is 3.65. The summed E-state index contributed by atoms with van der Waals surface area (Å²) in [6.45, 7) is 2.72. The second kappa shape index (κ2) is 9.93. The van der Waals surface area contributed by atoms with Crippen LogP contribution < -0.4 is 9.46 Å². The van der Waals surface area contributed by atoms with Crippen LogP contribution >= 0.6 is 0 Å². The van der Waals surface area contributed by atoms with Crippen molar-refractivity contribution in [3.05, 3.63) is 59.7 Å². The Labute approximate surface area is 181 Å². The summed E-state index contributed by atoms with van der Waals surface area (Å²) in [5, 5.41) is 0. The molecule has 166 valence electrons. The number of nitrogens with one attached hydrogen (secondary N) is 1. The van der Waals surface area contributed by atoms with E-state index in [0.717, 1.165) is 25.7 Å². The first-order valence-corrected chi connectivity index (χ1v) is 11.8. The average Bonchev–Trinajstić information content (AvgIpc) is 3.25. The second-order valence-corrected chi connectivity index (χ2v) is 9.08. The predicted molar refractivity (Wildman–Crippen MR) is 115 cm³/mol. The first kappa shape index (κ1) is 22.8. The van der Waals surface area contributed by atoms with E-state index in [1.165, 1.54) is 31.2 Å². The Morgan fingerprint density at radius 1 is 1.10 bits per heavy atom. The highest BCUT2D eigenvalue weighted by Crippen LogP contribution is 2.18. The molecule has 1 saturated heterocycles. The smallest absolute Gasteiger partial charge is 0.338 e. The average molecular weight is 448 g/mol. The second-order valence-electron chi connectivity index (χ2n) is 7.33. The first-order valence-electron chi connectivity index (χ1n) is 9.89. The Balaban J connectivity index is 1.53. The zero-order valence-corrected chi connectivity index (χ0v) is 18.2. The number of hydrogen-bond donors (Lipinski definition) is 1. The van der Waals surface area contributed by atoms with Crippen molar-refractivity contribution in [2.24, 2.45) is 0 Å². The molecular formula is C22H25NO7S. The Morgan fingerprint density at radius 2 is 1.74 bits per heavy atom. The lowest BCUT2D eigenvalue weighted by Crippen LogP contribution is -2.24. The molecule has 1 N–H and O–H groups in total. The maximum Gasteiger partial charge on any atom is 0.338 e. The molecule has 0 amide bonds. The largest absolute Gasteiger partial charge is 0.491 e. The summed E-state index contributed by atoms with van der Waals surface area (Å²) >= 11 is 0. The van der Waals surface area contributed by atoms with Crippen LogP contribution in [0.3, 0.4) is 0 Å². The molecule has 0 spiro atoms. The van der Waals surface area contributed by atoms with Gasteiger partial charge in [0, 0.05) is 17.9 Å². The Kier molecular flexibility index (Phi) is 7.29. The zero-order chi connectivity index (χ0) is 22.4. The maximum atomic E-state index is 12.5. The molecule has 3 rings (SSSR count). The van der Waals surface area contributed by atoms with Gasteiger partial charge in [-0.25, -0.2) is 13.2 Å². The van der Waals surface area contributed by atoms with Crippen LogP contribution in [-0.4, -0.2) is 51.8 Å². The van der Waals surface area contributed by atoms with E-state index in [2.05, 4.69) is 4.72 Å². The standard InChI is InChI=1S/C22H25NO7S/c1-15(21(24)16-5-9-18(10-6-16)23-31(2,26)27)30-22(25)17-7-11-19(12-8-17)29-14-20-4-3-13-28-20/h5-12,15,20,23H,3-4,13-14H2,1-2H3/t15-,20+/m1/s1. The monoisotopic (exact) mass is 447 g/mol. The lowest BCUT2D eigenvalue weighted by Gasteiger charge is -2.14. The fraction of sp³-hybridized carbons (Fsp3) is 0.364. The van der Waals surface area contributed by atoms with Crippen molar-refractivity contribution < 1.29 is 32.2 Å². The number of sulfonamides is 1. The molecule has 0 aliphatic carbocycles. The van der Waals surface area contributed by atoms with Crippen molar-refractivity contribution in [3.8, 4) is 5.75 Å². The van der Waals surface area contributed by atoms with Gasteiger partial charge in [0.2, 0.25) is 15.8 Å². The third-order valence-corrected chi connectivity index (χ3v) is 5.28. The molecule has 31 heavy (non-hydrogen) atoms. The SMILES string of the molecule is C[C@@H](OC(=O)c1ccc(OC[C@@H]2CCCO2)cc1)C(=O)c1ccc(NS(C)(=O)=O)cc1. The number of carbonyl (C=O) groups excluding carboxylic acids is 2. The Hall–Kier alpha value is -2.91. The molecule has 0 aromatic heterocycles. The summed E-state index contributed by atoms with van der Waals surface area (Å²) in [7, 11) is -3.40. The number of benzene rings is 2. The van der Waals surface area contributed by atoms with Crippen molar-refractivity contribution >= 4 is 27.5 Å². The number of esters is 1. The van der Waals surface area contributed by atoms with Crippen LogP contribution in [0.1, 0.15) is 40.5 Å². The van der Waals surface area contributed by atoms with Gasteiger partial charge in [0.1, 0.15) is 12.4 Å². The van der Waals surface area contributed by atoms with E-state index in [1.807, 2.05) is 0 Å². The molecule has 0 unspecified atom stereocenters. The van der Waals surface area contributed by atoms with Gasteiger partial charge in [-0.05, 0) is 68.3 Å². The molecule has 1 aliphatic rings. The third-order valence-electron chi connectivity index (χ3n) is 4.68. The maximum absolute atomic E-state index is 12.5. The molecule has 0 saturated carbocycles. The number of ether oxygens (including phenoxy) is 3. The van der Waals surface area contributed by atoms with Gasteiger partial charge in [-0.2, -0.15) is 0 Å². The van der Waals surface area contributed by atoms with Crippen LogP contribution in [0.5, 0.6) is 5.75 Å². The van der Waals surface area contributed by atoms with Crippen LogP contribution in [0, 0.1) is 0 Å². The molecule has 2 aromatic rings. The molecular weight excluding hydrogens is 422 g/mol. The number of rotatable bonds is 9. The van der Waals surface area contributed by atoms with Crippen LogP contribution in [-0.2, 0) is 19.5 Å². The topological polar surface area (TPSA) is 108 Å². The van der Waals surface area contributed by atoms with Gasteiger partial charge in [-0.3, -0.25) is 9.52 Å². The summed E-state index contributed by atoms with van der Waals surface area (Å²) in [6, 6.07) is 12.4. The van der Waals surface area contributed by atoms with Crippen molar-refractivity contribution in [1.29, 1.82) is 0 Å². The number of anilines is 1. The van der Waals surface area contributed by atoms with Gasteiger partial charge in [0.25, 0.3) is 0 Å². The number of ketones is 1. The normalized spacial score (nSPS) is 17.0. The van der Waals surface area contributed by atoms with Crippen LogP contribution in [0.4, 0.5) is 5.69 Å². The zero-order valence-electron chi connectivity index (χ0n) is 17.4. The summed E-state index contributed by atoms with van der Waals surface area (Å²) in [5.74, 6) is -0.392. The van der Waals surface area contributed by atoms with Gasteiger partial charge in [-0.15, -0.1) is 0 Å². The fourth-order valence-electron chi connectivity index (χ4n) is 3.09. The minimum atomic E-state index is -3.40. The molecule has 2 aromatic carbocycles. The van der Waals surface area contributed by atoms with Gasteiger partial charge < -0.3 is 14.2 Å². The van der Waals surface area contributed by atoms with Crippen molar-refractivity contribution in [3.63, 3.8) is 0 Å². The van der Waals surface area contributed by atoms with E-state index in [0.29, 0.717) is 29.2 Å². The molecule has 1 fully saturated rings. The number of hydrogen-bond acceptors (Lipinski definition) is 7. The van der Waals surface area contributed by atoms with E-state index in [1.54, 1.807) is 24.3 Å². The van der Waals surface area contributed by atoms with E-state index < -0.39 is 27.9 Å². The van der Waals surface area contributed by atoms with E-state index in [4.69, 9.17) is 14.2 Å². The minimum Gasteiger partial charge on any atom is -0.491 e. The quantitative estimate of drug-likeness (QED) is 0.465. The van der Waals surface area contributed by atoms with Gasteiger partial charge in [-0.1, -0.05) is 0 Å². The number of carbonyl (C=O) groups is 2. The van der Waals surface area contributed by atoms with Crippen molar-refractivity contribution in [2.45, 2.75) is 32.0 Å². The molecule has 9 heteroatoms.